The normalized spacial score (nSPS) is 12.3. The molecule has 0 bridgehead atoms. The highest BCUT2D eigenvalue weighted by Crippen LogP contribution is 2.45. The second-order valence-corrected chi connectivity index (χ2v) is 8.55. The molecule has 0 saturated heterocycles. The number of rotatable bonds is 8. The van der Waals surface area contributed by atoms with E-state index in [9.17, 15) is 9.90 Å². The van der Waals surface area contributed by atoms with E-state index in [1.807, 2.05) is 0 Å². The number of methoxy groups -OCH3 is 2. The number of aliphatic hydroxyl groups excluding tert-OH is 1. The molecule has 0 aliphatic heterocycles. The van der Waals surface area contributed by atoms with Gasteiger partial charge in [-0.15, -0.1) is 0 Å². The Morgan fingerprint density at radius 1 is 1.25 bits per heavy atom. The first-order valence-electron chi connectivity index (χ1n) is 10.4. The van der Waals surface area contributed by atoms with Crippen LogP contribution in [-0.2, 0) is 18.3 Å². The predicted molar refractivity (Wildman–Crippen MR) is 135 cm³/mol. The van der Waals surface area contributed by atoms with Gasteiger partial charge in [0, 0.05) is 48.6 Å². The van der Waals surface area contributed by atoms with Gasteiger partial charge in [0.2, 0.25) is 11.8 Å². The summed E-state index contributed by atoms with van der Waals surface area (Å²) in [5.41, 5.74) is 3.77. The lowest BCUT2D eigenvalue weighted by atomic mass is 10.1. The molecule has 1 aromatic carbocycles. The van der Waals surface area contributed by atoms with Crippen LogP contribution in [0.3, 0.4) is 0 Å². The third kappa shape index (κ3) is 5.12. The molecule has 13 heteroatoms. The number of fused-ring (bicyclic) bond motifs is 1. The zero-order chi connectivity index (χ0) is 26.0. The molecular formula is C23H20Cl3N5O5. The van der Waals surface area contributed by atoms with Crippen molar-refractivity contribution in [1.29, 1.82) is 0 Å². The van der Waals surface area contributed by atoms with Gasteiger partial charge in [-0.2, -0.15) is 5.10 Å². The Labute approximate surface area is 220 Å². The smallest absolute Gasteiger partial charge is 0.249 e. The number of pyridine rings is 1. The fourth-order valence-corrected chi connectivity index (χ4v) is 4.37. The number of ether oxygens (including phenoxy) is 2. The van der Waals surface area contributed by atoms with Crippen molar-refractivity contribution < 1.29 is 23.8 Å². The van der Waals surface area contributed by atoms with Gasteiger partial charge in [-0.3, -0.25) is 14.5 Å². The average molecular weight is 553 g/mol. The van der Waals surface area contributed by atoms with Gasteiger partial charge in [0.1, 0.15) is 17.0 Å². The van der Waals surface area contributed by atoms with Crippen molar-refractivity contribution in [3.05, 3.63) is 69.0 Å². The van der Waals surface area contributed by atoms with E-state index in [1.54, 1.807) is 24.0 Å². The molecule has 1 amide bonds. The molecule has 0 fully saturated rings. The molecule has 0 radical (unpaired) electrons. The lowest BCUT2D eigenvalue weighted by Gasteiger charge is -2.16. The van der Waals surface area contributed by atoms with E-state index in [1.165, 1.54) is 32.6 Å². The summed E-state index contributed by atoms with van der Waals surface area (Å²) >= 11 is 18.3. The number of nitrogens with one attached hydrogen (secondary N) is 1. The summed E-state index contributed by atoms with van der Waals surface area (Å²) in [7, 11) is 4.61. The van der Waals surface area contributed by atoms with Crippen LogP contribution in [-0.4, -0.2) is 45.0 Å². The summed E-state index contributed by atoms with van der Waals surface area (Å²) in [5.74, 6) is 0.115. The van der Waals surface area contributed by atoms with Gasteiger partial charge in [-0.05, 0) is 6.07 Å². The third-order valence-electron chi connectivity index (χ3n) is 5.19. The predicted octanol–water partition coefficient (Wildman–Crippen LogP) is 4.64. The maximum Gasteiger partial charge on any atom is 0.249 e. The number of nitrogens with zero attached hydrogens (tertiary/aromatic N) is 4. The molecule has 1 atom stereocenters. The van der Waals surface area contributed by atoms with Crippen LogP contribution >= 0.6 is 34.8 Å². The molecule has 2 N–H and O–H groups in total. The largest absolute Gasteiger partial charge is 0.495 e. The van der Waals surface area contributed by atoms with E-state index < -0.39 is 6.10 Å². The molecule has 0 spiro atoms. The topological polar surface area (TPSA) is 125 Å². The highest BCUT2D eigenvalue weighted by atomic mass is 35.5. The monoisotopic (exact) mass is 551 g/mol. The molecule has 0 saturated carbocycles. The molecule has 188 valence electrons. The molecule has 0 aliphatic rings. The van der Waals surface area contributed by atoms with E-state index in [0.717, 1.165) is 5.54 Å². The van der Waals surface area contributed by atoms with Crippen molar-refractivity contribution in [3.63, 3.8) is 0 Å². The van der Waals surface area contributed by atoms with Crippen LogP contribution in [0, 0.1) is 0 Å². The van der Waals surface area contributed by atoms with Crippen molar-refractivity contribution in [2.45, 2.75) is 12.5 Å². The lowest BCUT2D eigenvalue weighted by Crippen LogP contribution is -2.09. The number of carbonyl (C=O) groups excluding carboxylic acids is 1. The number of hydrogen-bond acceptors (Lipinski definition) is 8. The first-order valence-corrected chi connectivity index (χ1v) is 11.6. The van der Waals surface area contributed by atoms with E-state index in [-0.39, 0.29) is 38.9 Å². The van der Waals surface area contributed by atoms with Crippen LogP contribution in [0.1, 0.15) is 28.9 Å². The SMILES string of the molecule is COc1cc(OC)c(Cl)c(C(O)c2nc3cc(Cc4nn(C)cc4NC(=O)C=CCl)ncc3o2)c1Cl. The molecular weight excluding hydrogens is 533 g/mol. The second-order valence-electron chi connectivity index (χ2n) is 7.54. The number of benzene rings is 1. The van der Waals surface area contributed by atoms with Crippen LogP contribution in [0.2, 0.25) is 10.0 Å². The molecule has 3 heterocycles. The molecule has 3 aromatic heterocycles. The number of hydrogen-bond donors (Lipinski definition) is 2. The summed E-state index contributed by atoms with van der Waals surface area (Å²) in [4.78, 5) is 20.7. The highest BCUT2D eigenvalue weighted by molar-refractivity contribution is 6.38. The van der Waals surface area contributed by atoms with Gasteiger partial charge in [0.15, 0.2) is 11.7 Å². The van der Waals surface area contributed by atoms with Crippen LogP contribution in [0.25, 0.3) is 11.1 Å². The van der Waals surface area contributed by atoms with E-state index >= 15 is 0 Å². The van der Waals surface area contributed by atoms with Crippen LogP contribution in [0.15, 0.2) is 40.6 Å². The number of oxazole rings is 1. The summed E-state index contributed by atoms with van der Waals surface area (Å²) in [6, 6.07) is 3.22. The minimum absolute atomic E-state index is 0.0401. The lowest BCUT2D eigenvalue weighted by molar-refractivity contribution is -0.111. The Morgan fingerprint density at radius 2 is 1.94 bits per heavy atom. The Bertz CT molecular complexity index is 1440. The standard InChI is InChI=1S/C23H20Cl3N5O5/c1-31-10-14(28-18(32)4-5-24)12(30-31)6-11-7-13-17(9-27-11)36-23(29-13)22(33)19-20(25)15(34-2)8-16(35-3)21(19)26/h4-5,7-10,22,33H,6H2,1-3H3,(H,28,32). The van der Waals surface area contributed by atoms with Crippen molar-refractivity contribution in [2.75, 3.05) is 19.5 Å². The Morgan fingerprint density at radius 3 is 2.58 bits per heavy atom. The van der Waals surface area contributed by atoms with Crippen molar-refractivity contribution in [2.24, 2.45) is 7.05 Å². The van der Waals surface area contributed by atoms with Gasteiger partial charge < -0.3 is 24.3 Å². The number of halogens is 3. The number of carbonyl (C=O) groups is 1. The van der Waals surface area contributed by atoms with Gasteiger partial charge in [0.25, 0.3) is 0 Å². The second kappa shape index (κ2) is 10.8. The summed E-state index contributed by atoms with van der Waals surface area (Å²) < 4.78 is 17.8. The Hall–Kier alpha value is -3.31. The summed E-state index contributed by atoms with van der Waals surface area (Å²) in [5, 5.41) is 18.4. The fraction of sp³-hybridized carbons (Fsp3) is 0.217. The number of aromatic nitrogens is 4. The molecule has 36 heavy (non-hydrogen) atoms. The van der Waals surface area contributed by atoms with Gasteiger partial charge in [-0.1, -0.05) is 34.8 Å². The maximum atomic E-state index is 11.9. The summed E-state index contributed by atoms with van der Waals surface area (Å²) in [6.45, 7) is 0. The van der Waals surface area contributed by atoms with E-state index in [0.29, 0.717) is 34.6 Å². The Balaban J connectivity index is 1.65. The van der Waals surface area contributed by atoms with E-state index in [2.05, 4.69) is 20.4 Å². The summed E-state index contributed by atoms with van der Waals surface area (Å²) in [6.07, 6.45) is 3.25. The average Bonchev–Trinajstić information content (AvgIpc) is 3.42. The molecule has 4 aromatic rings. The van der Waals surface area contributed by atoms with Crippen LogP contribution < -0.4 is 14.8 Å². The highest BCUT2D eigenvalue weighted by Gasteiger charge is 2.28. The minimum Gasteiger partial charge on any atom is -0.495 e. The first kappa shape index (κ1) is 25.8. The molecule has 4 rings (SSSR count). The first-order chi connectivity index (χ1) is 17.2. The van der Waals surface area contributed by atoms with Crippen LogP contribution in [0.5, 0.6) is 11.5 Å². The van der Waals surface area contributed by atoms with Crippen molar-refractivity contribution in [1.82, 2.24) is 19.7 Å². The van der Waals surface area contributed by atoms with Gasteiger partial charge in [0.05, 0.1) is 41.8 Å². The number of aryl methyl sites for hydroxylation is 1. The maximum absolute atomic E-state index is 11.9. The zero-order valence-electron chi connectivity index (χ0n) is 19.3. The number of amides is 1. The minimum atomic E-state index is -1.41. The molecule has 10 nitrogen and oxygen atoms in total. The van der Waals surface area contributed by atoms with E-state index in [4.69, 9.17) is 48.7 Å². The number of aliphatic hydroxyl groups is 1. The zero-order valence-corrected chi connectivity index (χ0v) is 21.5. The quantitative estimate of drug-likeness (QED) is 0.303. The van der Waals surface area contributed by atoms with Crippen molar-refractivity contribution in [3.8, 4) is 11.5 Å². The number of anilines is 1. The van der Waals surface area contributed by atoms with Crippen molar-refractivity contribution >= 4 is 57.5 Å². The molecule has 1 unspecified atom stereocenters. The van der Waals surface area contributed by atoms with Gasteiger partial charge in [-0.25, -0.2) is 4.98 Å². The van der Waals surface area contributed by atoms with Crippen LogP contribution in [0.4, 0.5) is 5.69 Å². The third-order valence-corrected chi connectivity index (χ3v) is 6.10. The Kier molecular flexibility index (Phi) is 7.70. The molecule has 0 aliphatic carbocycles. The fourth-order valence-electron chi connectivity index (χ4n) is 3.55. The van der Waals surface area contributed by atoms with Gasteiger partial charge >= 0.3 is 0 Å².